The second-order valence-electron chi connectivity index (χ2n) is 13.8. The number of allylic oxidation sites excluding steroid dienone is 6. The molecule has 0 atom stereocenters. The van der Waals surface area contributed by atoms with Crippen molar-refractivity contribution in [2.45, 2.75) is 13.3 Å². The lowest BCUT2D eigenvalue weighted by Crippen LogP contribution is -2.10. The van der Waals surface area contributed by atoms with Crippen LogP contribution in [0.25, 0.3) is 66.1 Å². The van der Waals surface area contributed by atoms with Gasteiger partial charge in [-0.15, -0.1) is 0 Å². The average molecular weight is 681 g/mol. The number of benzene rings is 7. The zero-order chi connectivity index (χ0) is 35.3. The standard InChI is InChI=1S/C50H36N2O/c1-34-19-26-41(27-20-34)52-46-16-8-6-13-42(46)45-33-38(25-32-47(45)52)37-23-30-40(31-24-37)51(39-28-21-36(22-29-39)35-11-4-2-3-5-12-35)48-17-10-15-44-43-14-7-9-18-49(43)53-50(44)48/h2,4-33H,3H2,1H3. The van der Waals surface area contributed by atoms with Gasteiger partial charge in [0.2, 0.25) is 0 Å². The molecule has 0 unspecified atom stereocenters. The smallest absolute Gasteiger partial charge is 0.159 e. The lowest BCUT2D eigenvalue weighted by molar-refractivity contribution is 0.669. The zero-order valence-corrected chi connectivity index (χ0v) is 29.4. The highest BCUT2D eigenvalue weighted by molar-refractivity contribution is 6.11. The highest BCUT2D eigenvalue weighted by Gasteiger charge is 2.20. The van der Waals surface area contributed by atoms with Crippen molar-refractivity contribution >= 4 is 66.4 Å². The Bertz CT molecular complexity index is 2900. The predicted octanol–water partition coefficient (Wildman–Crippen LogP) is 14.0. The molecule has 0 N–H and O–H groups in total. The van der Waals surface area contributed by atoms with E-state index in [-0.39, 0.29) is 0 Å². The van der Waals surface area contributed by atoms with E-state index in [1.165, 1.54) is 55.3 Å². The van der Waals surface area contributed by atoms with Crippen LogP contribution >= 0.6 is 0 Å². The summed E-state index contributed by atoms with van der Waals surface area (Å²) < 4.78 is 8.95. The largest absolute Gasteiger partial charge is 0.454 e. The van der Waals surface area contributed by atoms with Crippen molar-refractivity contribution < 1.29 is 4.42 Å². The number of aromatic nitrogens is 1. The number of rotatable bonds is 6. The van der Waals surface area contributed by atoms with Gasteiger partial charge in [0.25, 0.3) is 0 Å². The van der Waals surface area contributed by atoms with Crippen LogP contribution in [0, 0.1) is 6.92 Å². The van der Waals surface area contributed by atoms with Crippen molar-refractivity contribution in [1.82, 2.24) is 4.57 Å². The summed E-state index contributed by atoms with van der Waals surface area (Å²) in [6.07, 6.45) is 11.9. The number of para-hydroxylation sites is 3. The number of furan rings is 1. The van der Waals surface area contributed by atoms with Gasteiger partial charge in [-0.05, 0) is 102 Å². The summed E-state index contributed by atoms with van der Waals surface area (Å²) in [6, 6.07) is 56.9. The molecule has 1 aliphatic carbocycles. The maximum Gasteiger partial charge on any atom is 0.159 e. The Labute approximate surface area is 308 Å². The van der Waals surface area contributed by atoms with Gasteiger partial charge in [0.05, 0.1) is 16.7 Å². The van der Waals surface area contributed by atoms with Crippen molar-refractivity contribution in [3.05, 3.63) is 199 Å². The third kappa shape index (κ3) is 5.37. The minimum Gasteiger partial charge on any atom is -0.454 e. The highest BCUT2D eigenvalue weighted by atomic mass is 16.3. The maximum absolute atomic E-state index is 6.58. The Morgan fingerprint density at radius 2 is 1.23 bits per heavy atom. The van der Waals surface area contributed by atoms with E-state index in [4.69, 9.17) is 4.42 Å². The molecule has 0 amide bonds. The first kappa shape index (κ1) is 30.9. The summed E-state index contributed by atoms with van der Waals surface area (Å²) in [5.74, 6) is 0. The van der Waals surface area contributed by atoms with Crippen LogP contribution in [0.15, 0.2) is 193 Å². The van der Waals surface area contributed by atoms with E-state index >= 15 is 0 Å². The zero-order valence-electron chi connectivity index (χ0n) is 29.4. The summed E-state index contributed by atoms with van der Waals surface area (Å²) in [5.41, 5.74) is 14.5. The van der Waals surface area contributed by atoms with Crippen molar-refractivity contribution in [1.29, 1.82) is 0 Å². The van der Waals surface area contributed by atoms with Crippen LogP contribution in [0.4, 0.5) is 17.1 Å². The first-order valence-corrected chi connectivity index (χ1v) is 18.2. The van der Waals surface area contributed by atoms with E-state index < -0.39 is 0 Å². The summed E-state index contributed by atoms with van der Waals surface area (Å²) in [4.78, 5) is 2.31. The third-order valence-corrected chi connectivity index (χ3v) is 10.5. The molecule has 9 aromatic rings. The molecule has 0 bridgehead atoms. The monoisotopic (exact) mass is 680 g/mol. The molecule has 53 heavy (non-hydrogen) atoms. The van der Waals surface area contributed by atoms with Crippen molar-refractivity contribution in [3.8, 4) is 16.8 Å². The lowest BCUT2D eigenvalue weighted by atomic mass is 10.0. The van der Waals surface area contributed by atoms with E-state index in [1.807, 2.05) is 12.1 Å². The molecular weight excluding hydrogens is 645 g/mol. The molecule has 2 aromatic heterocycles. The third-order valence-electron chi connectivity index (χ3n) is 10.5. The molecule has 10 rings (SSSR count). The number of hydrogen-bond acceptors (Lipinski definition) is 2. The number of anilines is 3. The second kappa shape index (κ2) is 12.7. The first-order chi connectivity index (χ1) is 26.2. The summed E-state index contributed by atoms with van der Waals surface area (Å²) in [6.45, 7) is 2.13. The van der Waals surface area contributed by atoms with Gasteiger partial charge in [-0.2, -0.15) is 0 Å². The molecule has 3 heteroatoms. The maximum atomic E-state index is 6.58. The summed E-state index contributed by atoms with van der Waals surface area (Å²) in [7, 11) is 0. The molecule has 1 aliphatic rings. The fourth-order valence-corrected chi connectivity index (χ4v) is 7.84. The molecule has 3 nitrogen and oxygen atoms in total. The van der Waals surface area contributed by atoms with Gasteiger partial charge in [0, 0.05) is 38.6 Å². The SMILES string of the molecule is Cc1ccc(-n2c3ccccc3c3cc(-c4ccc(N(c5ccc(C6=CC=CCC=C6)cc5)c5cccc6c5oc5ccccc56)cc4)ccc32)cc1. The van der Waals surface area contributed by atoms with Crippen LogP contribution in [-0.2, 0) is 0 Å². The van der Waals surface area contributed by atoms with E-state index in [0.29, 0.717) is 0 Å². The number of fused-ring (bicyclic) bond motifs is 6. The number of nitrogens with zero attached hydrogens (tertiary/aromatic N) is 2. The summed E-state index contributed by atoms with van der Waals surface area (Å²) >= 11 is 0. The fourth-order valence-electron chi connectivity index (χ4n) is 7.84. The Morgan fingerprint density at radius 1 is 0.547 bits per heavy atom. The van der Waals surface area contributed by atoms with Gasteiger partial charge in [-0.25, -0.2) is 0 Å². The van der Waals surface area contributed by atoms with Gasteiger partial charge < -0.3 is 13.9 Å². The van der Waals surface area contributed by atoms with Gasteiger partial charge in [0.1, 0.15) is 5.58 Å². The molecule has 0 spiro atoms. The van der Waals surface area contributed by atoms with Gasteiger partial charge >= 0.3 is 0 Å². The first-order valence-electron chi connectivity index (χ1n) is 18.2. The number of hydrogen-bond donors (Lipinski definition) is 0. The van der Waals surface area contributed by atoms with Crippen LogP contribution in [0.3, 0.4) is 0 Å². The van der Waals surface area contributed by atoms with Crippen LogP contribution in [0.1, 0.15) is 17.5 Å². The minimum absolute atomic E-state index is 0.872. The topological polar surface area (TPSA) is 21.3 Å². The average Bonchev–Trinajstić information content (AvgIpc) is 3.62. The van der Waals surface area contributed by atoms with Crippen molar-refractivity contribution in [2.75, 3.05) is 4.90 Å². The quantitative estimate of drug-likeness (QED) is 0.174. The predicted molar refractivity (Wildman–Crippen MR) is 224 cm³/mol. The lowest BCUT2D eigenvalue weighted by Gasteiger charge is -2.26. The van der Waals surface area contributed by atoms with E-state index in [9.17, 15) is 0 Å². The van der Waals surface area contributed by atoms with Crippen molar-refractivity contribution in [2.24, 2.45) is 0 Å². The normalized spacial score (nSPS) is 12.9. The molecule has 0 fully saturated rings. The molecule has 0 radical (unpaired) electrons. The fraction of sp³-hybridized carbons (Fsp3) is 0.0400. The van der Waals surface area contributed by atoms with Gasteiger partial charge in [-0.3, -0.25) is 0 Å². The second-order valence-corrected chi connectivity index (χ2v) is 13.8. The molecule has 2 heterocycles. The van der Waals surface area contributed by atoms with Crippen LogP contribution < -0.4 is 4.90 Å². The Morgan fingerprint density at radius 3 is 2.04 bits per heavy atom. The molecule has 252 valence electrons. The molecular formula is C50H36N2O. The van der Waals surface area contributed by atoms with Gasteiger partial charge in [0.15, 0.2) is 5.58 Å². The minimum atomic E-state index is 0.872. The van der Waals surface area contributed by atoms with E-state index in [0.717, 1.165) is 45.4 Å². The molecule has 0 aliphatic heterocycles. The van der Waals surface area contributed by atoms with Crippen molar-refractivity contribution in [3.63, 3.8) is 0 Å². The van der Waals surface area contributed by atoms with Crippen LogP contribution in [0.5, 0.6) is 0 Å². The Balaban J connectivity index is 1.08. The summed E-state index contributed by atoms with van der Waals surface area (Å²) in [5, 5.41) is 4.72. The van der Waals surface area contributed by atoms with E-state index in [1.54, 1.807) is 0 Å². The highest BCUT2D eigenvalue weighted by Crippen LogP contribution is 2.43. The molecule has 0 saturated heterocycles. The Hall–Kier alpha value is -6.84. The molecule has 7 aromatic carbocycles. The van der Waals surface area contributed by atoms with E-state index in [2.05, 4.69) is 192 Å². The number of aryl methyl sites for hydroxylation is 1. The Kier molecular flexibility index (Phi) is 7.43. The van der Waals surface area contributed by atoms with Gasteiger partial charge in [-0.1, -0.05) is 127 Å². The van der Waals surface area contributed by atoms with Crippen LogP contribution in [-0.4, -0.2) is 4.57 Å². The van der Waals surface area contributed by atoms with Crippen LogP contribution in [0.2, 0.25) is 0 Å². The molecule has 0 saturated carbocycles.